The van der Waals surface area contributed by atoms with Crippen LogP contribution in [0.2, 0.25) is 0 Å². The third kappa shape index (κ3) is 3.29. The molecule has 28 heavy (non-hydrogen) atoms. The average Bonchev–Trinajstić information content (AvgIpc) is 2.88. The third-order valence-corrected chi connectivity index (χ3v) is 5.74. The maximum atomic E-state index is 12.9. The molecule has 1 aromatic carbocycles. The number of hydrogen-bond acceptors (Lipinski definition) is 5. The molecule has 0 aliphatic carbocycles. The van der Waals surface area contributed by atoms with Crippen molar-refractivity contribution in [2.24, 2.45) is 0 Å². The lowest BCUT2D eigenvalue weighted by Gasteiger charge is -2.32. The molecule has 0 unspecified atom stereocenters. The lowest BCUT2D eigenvalue weighted by Crippen LogP contribution is -2.43. The van der Waals surface area contributed by atoms with Crippen molar-refractivity contribution in [3.05, 3.63) is 48.3 Å². The second-order valence-corrected chi connectivity index (χ2v) is 8.18. The second kappa shape index (κ2) is 6.90. The molecular weight excluding hydrogens is 355 g/mol. The molecule has 6 nitrogen and oxygen atoms in total. The Labute approximate surface area is 166 Å². The van der Waals surface area contributed by atoms with Gasteiger partial charge in [-0.05, 0) is 45.9 Å². The van der Waals surface area contributed by atoms with E-state index in [0.717, 1.165) is 16.8 Å². The Morgan fingerprint density at radius 2 is 1.86 bits per heavy atom. The normalized spacial score (nSPS) is 19.9. The van der Waals surface area contributed by atoms with E-state index in [9.17, 15) is 4.79 Å². The van der Waals surface area contributed by atoms with Crippen molar-refractivity contribution in [3.63, 3.8) is 0 Å². The van der Waals surface area contributed by atoms with Crippen molar-refractivity contribution in [2.45, 2.75) is 45.3 Å². The molecule has 2 aliphatic rings. The van der Waals surface area contributed by atoms with Crippen LogP contribution in [0.25, 0.3) is 0 Å². The molecule has 146 valence electrons. The van der Waals surface area contributed by atoms with Crippen LogP contribution in [0.3, 0.4) is 0 Å². The minimum atomic E-state index is -0.536. The van der Waals surface area contributed by atoms with Crippen molar-refractivity contribution in [3.8, 4) is 5.75 Å². The third-order valence-electron chi connectivity index (χ3n) is 5.74. The molecule has 0 saturated carbocycles. The molecule has 0 bridgehead atoms. The van der Waals surface area contributed by atoms with Crippen LogP contribution in [0.4, 0.5) is 5.69 Å². The van der Waals surface area contributed by atoms with Gasteiger partial charge in [0, 0.05) is 17.4 Å². The highest BCUT2D eigenvalue weighted by Gasteiger charge is 2.53. The van der Waals surface area contributed by atoms with Crippen molar-refractivity contribution in [1.82, 2.24) is 4.98 Å². The molecule has 0 atom stereocenters. The molecule has 3 heterocycles. The van der Waals surface area contributed by atoms with E-state index in [2.05, 4.69) is 4.98 Å². The number of carbonyl (C=O) groups excluding carboxylic acids is 1. The SMILES string of the molecule is CC1(C)OB(c2cccc3c2OCCN3C(=O)Cc2ccccn2)OC1(C)C. The lowest BCUT2D eigenvalue weighted by atomic mass is 9.77. The number of hydrogen-bond donors (Lipinski definition) is 0. The fourth-order valence-electron chi connectivity index (χ4n) is 3.44. The summed E-state index contributed by atoms with van der Waals surface area (Å²) < 4.78 is 18.3. The Bertz CT molecular complexity index is 869. The predicted molar refractivity (Wildman–Crippen MR) is 108 cm³/mol. The summed E-state index contributed by atoms with van der Waals surface area (Å²) in [4.78, 5) is 19.0. The van der Waals surface area contributed by atoms with Crippen LogP contribution in [0, 0.1) is 0 Å². The summed E-state index contributed by atoms with van der Waals surface area (Å²) in [5, 5.41) is 0. The van der Waals surface area contributed by atoms with Gasteiger partial charge in [-0.15, -0.1) is 0 Å². The van der Waals surface area contributed by atoms with Gasteiger partial charge in [0.2, 0.25) is 5.91 Å². The molecule has 7 heteroatoms. The topological polar surface area (TPSA) is 60.9 Å². The summed E-state index contributed by atoms with van der Waals surface area (Å²) in [6, 6.07) is 11.3. The zero-order chi connectivity index (χ0) is 19.9. The maximum absolute atomic E-state index is 12.9. The van der Waals surface area contributed by atoms with Gasteiger partial charge in [-0.3, -0.25) is 9.78 Å². The van der Waals surface area contributed by atoms with Crippen LogP contribution in [0.15, 0.2) is 42.6 Å². The molecule has 1 amide bonds. The smallest absolute Gasteiger partial charge is 0.490 e. The molecule has 4 rings (SSSR count). The largest absolute Gasteiger partial charge is 0.498 e. The van der Waals surface area contributed by atoms with Crippen LogP contribution in [-0.4, -0.2) is 42.4 Å². The number of nitrogens with zero attached hydrogens (tertiary/aromatic N) is 2. The van der Waals surface area contributed by atoms with Crippen LogP contribution in [0.1, 0.15) is 33.4 Å². The molecule has 1 fully saturated rings. The van der Waals surface area contributed by atoms with E-state index in [0.29, 0.717) is 18.9 Å². The molecule has 0 N–H and O–H groups in total. The van der Waals surface area contributed by atoms with Gasteiger partial charge < -0.3 is 18.9 Å². The van der Waals surface area contributed by atoms with Gasteiger partial charge in [0.05, 0.1) is 29.9 Å². The Hall–Kier alpha value is -2.38. The molecule has 1 aromatic heterocycles. The molecule has 2 aromatic rings. The standard InChI is InChI=1S/C21H25BN2O4/c1-20(2)21(3,4)28-22(27-20)16-9-7-10-17-19(16)26-13-12-24(17)18(25)14-15-8-5-6-11-23-15/h5-11H,12-14H2,1-4H3. The zero-order valence-corrected chi connectivity index (χ0v) is 16.8. The van der Waals surface area contributed by atoms with E-state index in [-0.39, 0.29) is 12.3 Å². The zero-order valence-electron chi connectivity index (χ0n) is 16.8. The molecule has 0 spiro atoms. The number of rotatable bonds is 3. The first-order chi connectivity index (χ1) is 13.3. The first-order valence-electron chi connectivity index (χ1n) is 9.60. The Morgan fingerprint density at radius 1 is 1.11 bits per heavy atom. The summed E-state index contributed by atoms with van der Waals surface area (Å²) in [6.45, 7) is 9.01. The number of carbonyl (C=O) groups is 1. The highest BCUT2D eigenvalue weighted by Crippen LogP contribution is 2.39. The summed E-state index contributed by atoms with van der Waals surface area (Å²) in [7, 11) is -0.536. The Balaban J connectivity index is 1.63. The fraction of sp³-hybridized carbons (Fsp3) is 0.429. The number of ether oxygens (including phenoxy) is 1. The van der Waals surface area contributed by atoms with Crippen LogP contribution in [0.5, 0.6) is 5.75 Å². The van der Waals surface area contributed by atoms with Crippen molar-refractivity contribution < 1.29 is 18.8 Å². The Kier molecular flexibility index (Phi) is 4.67. The number of amides is 1. The lowest BCUT2D eigenvalue weighted by molar-refractivity contribution is -0.118. The van der Waals surface area contributed by atoms with Gasteiger partial charge in [-0.1, -0.05) is 18.2 Å². The number of pyridine rings is 1. The van der Waals surface area contributed by atoms with E-state index in [1.54, 1.807) is 11.1 Å². The van der Waals surface area contributed by atoms with E-state index in [1.165, 1.54) is 0 Å². The quantitative estimate of drug-likeness (QED) is 0.766. The summed E-state index contributed by atoms with van der Waals surface area (Å²) in [5.41, 5.74) is 1.43. The van der Waals surface area contributed by atoms with Gasteiger partial charge in [-0.25, -0.2) is 0 Å². The second-order valence-electron chi connectivity index (χ2n) is 8.18. The number of benzene rings is 1. The fourth-order valence-corrected chi connectivity index (χ4v) is 3.44. The van der Waals surface area contributed by atoms with Crippen LogP contribution in [-0.2, 0) is 20.5 Å². The summed E-state index contributed by atoms with van der Waals surface area (Å²) >= 11 is 0. The van der Waals surface area contributed by atoms with Gasteiger partial charge in [0.1, 0.15) is 12.4 Å². The van der Waals surface area contributed by atoms with Crippen molar-refractivity contribution in [2.75, 3.05) is 18.1 Å². The van der Waals surface area contributed by atoms with Crippen LogP contribution >= 0.6 is 0 Å². The predicted octanol–water partition coefficient (Wildman–Crippen LogP) is 2.35. The van der Waals surface area contributed by atoms with Crippen molar-refractivity contribution in [1.29, 1.82) is 0 Å². The van der Waals surface area contributed by atoms with E-state index < -0.39 is 18.3 Å². The molecule has 1 saturated heterocycles. The van der Waals surface area contributed by atoms with Crippen LogP contribution < -0.4 is 15.1 Å². The number of para-hydroxylation sites is 1. The summed E-state index contributed by atoms with van der Waals surface area (Å²) in [6.07, 6.45) is 1.95. The Morgan fingerprint density at radius 3 is 2.54 bits per heavy atom. The number of fused-ring (bicyclic) bond motifs is 1. The van der Waals surface area contributed by atoms with E-state index in [4.69, 9.17) is 14.0 Å². The highest BCUT2D eigenvalue weighted by molar-refractivity contribution is 6.63. The van der Waals surface area contributed by atoms with Gasteiger partial charge in [0.15, 0.2) is 0 Å². The molecule has 0 radical (unpaired) electrons. The molecule has 2 aliphatic heterocycles. The van der Waals surface area contributed by atoms with Gasteiger partial charge in [0.25, 0.3) is 0 Å². The van der Waals surface area contributed by atoms with Gasteiger partial charge >= 0.3 is 7.12 Å². The minimum absolute atomic E-state index is 0.00526. The molecular formula is C21H25BN2O4. The first kappa shape index (κ1) is 19.0. The summed E-state index contributed by atoms with van der Waals surface area (Å²) in [5.74, 6) is 0.649. The van der Waals surface area contributed by atoms with Gasteiger partial charge in [-0.2, -0.15) is 0 Å². The number of anilines is 1. The monoisotopic (exact) mass is 380 g/mol. The van der Waals surface area contributed by atoms with E-state index >= 15 is 0 Å². The first-order valence-corrected chi connectivity index (χ1v) is 9.60. The average molecular weight is 380 g/mol. The highest BCUT2D eigenvalue weighted by atomic mass is 16.7. The number of aromatic nitrogens is 1. The maximum Gasteiger partial charge on any atom is 0.498 e. The van der Waals surface area contributed by atoms with Crippen molar-refractivity contribution >= 4 is 24.2 Å². The minimum Gasteiger partial charge on any atom is -0.490 e. The van der Waals surface area contributed by atoms with E-state index in [1.807, 2.05) is 64.1 Å².